The Morgan fingerprint density at radius 1 is 0.818 bits per heavy atom. The second-order valence-electron chi connectivity index (χ2n) is 4.60. The molecule has 126 valence electrons. The lowest BCUT2D eigenvalue weighted by Crippen LogP contribution is -2.30. The van der Waals surface area contributed by atoms with Gasteiger partial charge in [0.25, 0.3) is 0 Å². The van der Waals surface area contributed by atoms with Gasteiger partial charge in [0.15, 0.2) is 0 Å². The van der Waals surface area contributed by atoms with E-state index in [9.17, 15) is 19.2 Å². The molecule has 0 spiro atoms. The van der Waals surface area contributed by atoms with E-state index in [1.807, 2.05) is 0 Å². The molecule has 22 heavy (non-hydrogen) atoms. The van der Waals surface area contributed by atoms with Crippen LogP contribution < -0.4 is 10.6 Å². The van der Waals surface area contributed by atoms with Crippen LogP contribution in [-0.2, 0) is 28.7 Å². The molecule has 0 rings (SSSR count). The summed E-state index contributed by atoms with van der Waals surface area (Å²) in [6, 6.07) is 0. The van der Waals surface area contributed by atoms with Crippen LogP contribution in [0.25, 0.3) is 0 Å². The number of ketones is 1. The fourth-order valence-electron chi connectivity index (χ4n) is 1.36. The molecule has 0 saturated carbocycles. The summed E-state index contributed by atoms with van der Waals surface area (Å²) in [7, 11) is 1.77. The summed E-state index contributed by atoms with van der Waals surface area (Å²) in [4.78, 5) is 44.5. The molecule has 0 heterocycles. The van der Waals surface area contributed by atoms with Gasteiger partial charge in [-0.3, -0.25) is 14.4 Å². The standard InChI is InChI=1S/C14H24N2O6/c1-11(17)3-5-13(19)21-9-10-22-14(20)6-4-12(18)16-8-7-15-2/h15H,3-10H2,1-2H3,(H,16,18). The van der Waals surface area contributed by atoms with E-state index in [1.54, 1.807) is 7.05 Å². The SMILES string of the molecule is CNCCNC(=O)CCC(=O)OCCOC(=O)CCC(C)=O. The lowest BCUT2D eigenvalue weighted by atomic mass is 10.2. The van der Waals surface area contributed by atoms with E-state index in [-0.39, 0.29) is 50.6 Å². The number of amides is 1. The van der Waals surface area contributed by atoms with Gasteiger partial charge in [-0.25, -0.2) is 0 Å². The molecule has 8 nitrogen and oxygen atoms in total. The molecular formula is C14H24N2O6. The van der Waals surface area contributed by atoms with Crippen LogP contribution >= 0.6 is 0 Å². The van der Waals surface area contributed by atoms with Gasteiger partial charge in [-0.15, -0.1) is 0 Å². The van der Waals surface area contributed by atoms with E-state index in [4.69, 9.17) is 9.47 Å². The summed E-state index contributed by atoms with van der Waals surface area (Å²) < 4.78 is 9.60. The van der Waals surface area contributed by atoms with Crippen molar-refractivity contribution < 1.29 is 28.7 Å². The zero-order valence-corrected chi connectivity index (χ0v) is 13.1. The number of nitrogens with one attached hydrogen (secondary N) is 2. The number of Topliss-reactive ketones (excluding diaryl/α,β-unsaturated/α-hetero) is 1. The number of carbonyl (C=O) groups excluding carboxylic acids is 4. The van der Waals surface area contributed by atoms with Gasteiger partial charge in [0.05, 0.1) is 12.8 Å². The Morgan fingerprint density at radius 2 is 1.36 bits per heavy atom. The number of carbonyl (C=O) groups is 4. The average molecular weight is 316 g/mol. The number of esters is 2. The Bertz CT molecular complexity index is 384. The van der Waals surface area contributed by atoms with Gasteiger partial charge in [0.1, 0.15) is 19.0 Å². The Morgan fingerprint density at radius 3 is 1.86 bits per heavy atom. The van der Waals surface area contributed by atoms with Crippen LogP contribution in [-0.4, -0.2) is 57.0 Å². The average Bonchev–Trinajstić information content (AvgIpc) is 2.47. The first-order valence-electron chi connectivity index (χ1n) is 7.17. The van der Waals surface area contributed by atoms with Gasteiger partial charge in [-0.2, -0.15) is 0 Å². The van der Waals surface area contributed by atoms with E-state index in [0.29, 0.717) is 13.1 Å². The minimum atomic E-state index is -0.524. The first kappa shape index (κ1) is 20.0. The second kappa shape index (κ2) is 12.8. The summed E-state index contributed by atoms with van der Waals surface area (Å²) in [5, 5.41) is 5.52. The summed E-state index contributed by atoms with van der Waals surface area (Å²) in [5.41, 5.74) is 0. The van der Waals surface area contributed by atoms with E-state index in [2.05, 4.69) is 10.6 Å². The lowest BCUT2D eigenvalue weighted by Gasteiger charge is -2.07. The monoisotopic (exact) mass is 316 g/mol. The van der Waals surface area contributed by atoms with Crippen LogP contribution in [0.15, 0.2) is 0 Å². The third-order valence-electron chi connectivity index (χ3n) is 2.54. The normalized spacial score (nSPS) is 9.91. The Labute approximate surface area is 129 Å². The predicted molar refractivity (Wildman–Crippen MR) is 78.0 cm³/mol. The zero-order valence-electron chi connectivity index (χ0n) is 13.1. The highest BCUT2D eigenvalue weighted by molar-refractivity contribution is 5.81. The van der Waals surface area contributed by atoms with Crippen LogP contribution in [0.5, 0.6) is 0 Å². The van der Waals surface area contributed by atoms with Crippen molar-refractivity contribution in [2.45, 2.75) is 32.6 Å². The largest absolute Gasteiger partial charge is 0.462 e. The molecule has 0 fully saturated rings. The Kier molecular flexibility index (Phi) is 11.6. The highest BCUT2D eigenvalue weighted by Gasteiger charge is 2.09. The summed E-state index contributed by atoms with van der Waals surface area (Å²) >= 11 is 0. The fourth-order valence-corrected chi connectivity index (χ4v) is 1.36. The zero-order chi connectivity index (χ0) is 16.8. The number of ether oxygens (including phenoxy) is 2. The van der Waals surface area contributed by atoms with Gasteiger partial charge in [0, 0.05) is 25.9 Å². The maximum Gasteiger partial charge on any atom is 0.306 e. The minimum absolute atomic E-state index is 0.0239. The van der Waals surface area contributed by atoms with Gasteiger partial charge >= 0.3 is 11.9 Å². The molecule has 0 bridgehead atoms. The number of hydrogen-bond acceptors (Lipinski definition) is 7. The highest BCUT2D eigenvalue weighted by atomic mass is 16.6. The van der Waals surface area contributed by atoms with Crippen molar-refractivity contribution in [3.63, 3.8) is 0 Å². The van der Waals surface area contributed by atoms with E-state index >= 15 is 0 Å². The maximum atomic E-state index is 11.3. The minimum Gasteiger partial charge on any atom is -0.462 e. The number of rotatable bonds is 12. The van der Waals surface area contributed by atoms with Crippen molar-refractivity contribution in [1.29, 1.82) is 0 Å². The predicted octanol–water partition coefficient (Wildman–Crippen LogP) is -0.442. The molecule has 1 amide bonds. The Balaban J connectivity index is 3.55. The molecule has 0 unspecified atom stereocenters. The first-order valence-corrected chi connectivity index (χ1v) is 7.17. The van der Waals surface area contributed by atoms with Crippen molar-refractivity contribution in [3.05, 3.63) is 0 Å². The van der Waals surface area contributed by atoms with Crippen molar-refractivity contribution in [1.82, 2.24) is 10.6 Å². The molecule has 0 aliphatic carbocycles. The lowest BCUT2D eigenvalue weighted by molar-refractivity contribution is -0.152. The topological polar surface area (TPSA) is 111 Å². The Hall–Kier alpha value is -1.96. The maximum absolute atomic E-state index is 11.3. The van der Waals surface area contributed by atoms with Crippen LogP contribution in [0.4, 0.5) is 0 Å². The molecule has 0 aromatic carbocycles. The summed E-state index contributed by atoms with van der Waals surface area (Å²) in [5.74, 6) is -1.34. The van der Waals surface area contributed by atoms with Crippen molar-refractivity contribution in [2.75, 3.05) is 33.4 Å². The molecule has 0 aromatic rings. The molecule has 2 N–H and O–H groups in total. The molecule has 0 atom stereocenters. The van der Waals surface area contributed by atoms with Crippen LogP contribution in [0.1, 0.15) is 32.6 Å². The molecule has 0 aliphatic rings. The third kappa shape index (κ3) is 13.0. The molecule has 8 heteroatoms. The quantitative estimate of drug-likeness (QED) is 0.371. The van der Waals surface area contributed by atoms with Gasteiger partial charge in [-0.1, -0.05) is 0 Å². The molecule has 0 radical (unpaired) electrons. The van der Waals surface area contributed by atoms with E-state index < -0.39 is 11.9 Å². The molecule has 0 aromatic heterocycles. The van der Waals surface area contributed by atoms with E-state index in [0.717, 1.165) is 0 Å². The van der Waals surface area contributed by atoms with Crippen LogP contribution in [0, 0.1) is 0 Å². The van der Waals surface area contributed by atoms with Gasteiger partial charge < -0.3 is 24.9 Å². The molecule has 0 aliphatic heterocycles. The molecular weight excluding hydrogens is 292 g/mol. The highest BCUT2D eigenvalue weighted by Crippen LogP contribution is 1.96. The third-order valence-corrected chi connectivity index (χ3v) is 2.54. The van der Waals surface area contributed by atoms with Crippen molar-refractivity contribution in [2.24, 2.45) is 0 Å². The van der Waals surface area contributed by atoms with Gasteiger partial charge in [0.2, 0.25) is 5.91 Å². The second-order valence-corrected chi connectivity index (χ2v) is 4.60. The number of hydrogen-bond donors (Lipinski definition) is 2. The van der Waals surface area contributed by atoms with E-state index in [1.165, 1.54) is 6.92 Å². The molecule has 0 saturated heterocycles. The number of likely N-dealkylation sites (N-methyl/N-ethyl adjacent to an activating group) is 1. The van der Waals surface area contributed by atoms with Crippen molar-refractivity contribution in [3.8, 4) is 0 Å². The van der Waals surface area contributed by atoms with Crippen LogP contribution in [0.2, 0.25) is 0 Å². The first-order chi connectivity index (χ1) is 10.5. The summed E-state index contributed by atoms with van der Waals surface area (Å²) in [6.45, 7) is 2.43. The van der Waals surface area contributed by atoms with Gasteiger partial charge in [-0.05, 0) is 14.0 Å². The van der Waals surface area contributed by atoms with Crippen molar-refractivity contribution >= 4 is 23.6 Å². The fraction of sp³-hybridized carbons (Fsp3) is 0.714. The smallest absolute Gasteiger partial charge is 0.306 e. The van der Waals surface area contributed by atoms with Crippen LogP contribution in [0.3, 0.4) is 0 Å². The summed E-state index contributed by atoms with van der Waals surface area (Å²) in [6.07, 6.45) is 0.196.